The Balaban J connectivity index is 1.48. The molecule has 1 heterocycles. The molecule has 4 nitrogen and oxygen atoms in total. The maximum absolute atomic E-state index is 5.72. The minimum atomic E-state index is 0.579. The molecular weight excluding hydrogens is 284 g/mol. The van der Waals surface area contributed by atoms with Crippen LogP contribution in [-0.4, -0.2) is 24.6 Å². The van der Waals surface area contributed by atoms with Crippen LogP contribution in [0.2, 0.25) is 0 Å². The summed E-state index contributed by atoms with van der Waals surface area (Å²) in [6.45, 7) is 0.579. The van der Waals surface area contributed by atoms with E-state index in [1.807, 2.05) is 48.5 Å². The highest BCUT2D eigenvalue weighted by molar-refractivity contribution is 8.13. The van der Waals surface area contributed by atoms with Gasteiger partial charge in [-0.2, -0.15) is 0 Å². The molecule has 1 radical (unpaired) electrons. The van der Waals surface area contributed by atoms with Crippen molar-refractivity contribution in [3.8, 4) is 11.5 Å². The Kier molecular flexibility index (Phi) is 4.31. The van der Waals surface area contributed by atoms with E-state index in [0.717, 1.165) is 33.8 Å². The highest BCUT2D eigenvalue weighted by atomic mass is 32.2. The van der Waals surface area contributed by atoms with E-state index in [9.17, 15) is 0 Å². The van der Waals surface area contributed by atoms with E-state index in [2.05, 4.69) is 10.3 Å². The van der Waals surface area contributed by atoms with Crippen LogP contribution in [-0.2, 0) is 0 Å². The highest BCUT2D eigenvalue weighted by Crippen LogP contribution is 2.32. The minimum Gasteiger partial charge on any atom is -0.493 e. The summed E-state index contributed by atoms with van der Waals surface area (Å²) >= 11 is 1.59. The van der Waals surface area contributed by atoms with Crippen LogP contribution in [0.5, 0.6) is 11.5 Å². The van der Waals surface area contributed by atoms with Crippen LogP contribution >= 0.6 is 11.8 Å². The van der Waals surface area contributed by atoms with Crippen molar-refractivity contribution in [1.29, 1.82) is 0 Å². The number of amidine groups is 1. The van der Waals surface area contributed by atoms with Crippen molar-refractivity contribution in [2.45, 2.75) is 0 Å². The lowest BCUT2D eigenvalue weighted by Crippen LogP contribution is -2.07. The van der Waals surface area contributed by atoms with Gasteiger partial charge in [-0.1, -0.05) is 36.0 Å². The Morgan fingerprint density at radius 3 is 2.43 bits per heavy atom. The summed E-state index contributed by atoms with van der Waals surface area (Å²) in [5.41, 5.74) is 1.87. The number of thioether (sulfide) groups is 1. The normalized spacial score (nSPS) is 12.3. The van der Waals surface area contributed by atoms with Crippen molar-refractivity contribution in [3.63, 3.8) is 0 Å². The van der Waals surface area contributed by atoms with E-state index in [-0.39, 0.29) is 0 Å². The average Bonchev–Trinajstić information content (AvgIpc) is 2.94. The van der Waals surface area contributed by atoms with Crippen LogP contribution < -0.4 is 14.8 Å². The van der Waals surface area contributed by atoms with Crippen LogP contribution in [0, 0.1) is 0 Å². The second-order valence-electron chi connectivity index (χ2n) is 4.34. The number of fused-ring (bicyclic) bond motifs is 1. The zero-order chi connectivity index (χ0) is 14.5. The first-order valence-electron chi connectivity index (χ1n) is 6.65. The zero-order valence-electron chi connectivity index (χ0n) is 11.7. The molecule has 0 fully saturated rings. The molecule has 3 rings (SSSR count). The number of hydrogen-bond donors (Lipinski definition) is 0. The molecule has 5 heteroatoms. The fraction of sp³-hybridized carbons (Fsp3) is 0.188. The van der Waals surface area contributed by atoms with Gasteiger partial charge in [0, 0.05) is 5.75 Å². The third-order valence-corrected chi connectivity index (χ3v) is 3.77. The minimum absolute atomic E-state index is 0.579. The maximum atomic E-state index is 5.72. The van der Waals surface area contributed by atoms with E-state index in [1.165, 1.54) is 0 Å². The summed E-state index contributed by atoms with van der Waals surface area (Å²) in [5, 5.41) is 5.25. The number of methoxy groups -OCH3 is 1. The Hall–Kier alpha value is -2.14. The summed E-state index contributed by atoms with van der Waals surface area (Å²) in [5.74, 6) is 2.29. The Bertz CT molecular complexity index is 658. The lowest BCUT2D eigenvalue weighted by Gasteiger charge is -2.09. The van der Waals surface area contributed by atoms with Crippen molar-refractivity contribution in [2.24, 2.45) is 4.99 Å². The molecule has 0 aliphatic carbocycles. The summed E-state index contributed by atoms with van der Waals surface area (Å²) in [6, 6.07) is 15.5. The first kappa shape index (κ1) is 13.8. The summed E-state index contributed by atoms with van der Waals surface area (Å²) in [7, 11) is 1.64. The fourth-order valence-corrected chi connectivity index (χ4v) is 2.65. The van der Waals surface area contributed by atoms with Gasteiger partial charge in [-0.05, 0) is 24.3 Å². The van der Waals surface area contributed by atoms with E-state index in [1.54, 1.807) is 18.9 Å². The lowest BCUT2D eigenvalue weighted by molar-refractivity contribution is 0.313. The van der Waals surface area contributed by atoms with Gasteiger partial charge in [-0.15, -0.1) is 0 Å². The van der Waals surface area contributed by atoms with E-state index >= 15 is 0 Å². The molecule has 0 atom stereocenters. The van der Waals surface area contributed by atoms with Gasteiger partial charge in [-0.3, -0.25) is 0 Å². The molecule has 0 amide bonds. The average molecular weight is 299 g/mol. The van der Waals surface area contributed by atoms with Gasteiger partial charge >= 0.3 is 0 Å². The van der Waals surface area contributed by atoms with Gasteiger partial charge in [0.1, 0.15) is 0 Å². The van der Waals surface area contributed by atoms with Gasteiger partial charge in [0.25, 0.3) is 0 Å². The second-order valence-corrected chi connectivity index (χ2v) is 5.40. The number of aliphatic imine (C=N–C) groups is 1. The predicted octanol–water partition coefficient (Wildman–Crippen LogP) is 3.74. The van der Waals surface area contributed by atoms with E-state index in [0.29, 0.717) is 6.61 Å². The van der Waals surface area contributed by atoms with Crippen LogP contribution in [0.25, 0.3) is 0 Å². The standard InChI is InChI=1S/C16H15N2O2S/c1-19-14-8-4-5-9-15(14)20-10-11-21-16-17-12-6-2-3-7-13(12)18-16/h2-9H,10-11H2,1H3. The van der Waals surface area contributed by atoms with Gasteiger partial charge in [0.2, 0.25) is 0 Å². The summed E-state index contributed by atoms with van der Waals surface area (Å²) in [6.07, 6.45) is 0. The van der Waals surface area contributed by atoms with Crippen molar-refractivity contribution < 1.29 is 9.47 Å². The number of rotatable bonds is 5. The molecular formula is C16H15N2O2S. The number of para-hydroxylation sites is 4. The van der Waals surface area contributed by atoms with Crippen molar-refractivity contribution >= 4 is 28.3 Å². The number of ether oxygens (including phenoxy) is 2. The first-order valence-corrected chi connectivity index (χ1v) is 7.63. The molecule has 0 saturated heterocycles. The molecule has 107 valence electrons. The molecule has 2 aromatic rings. The summed E-state index contributed by atoms with van der Waals surface area (Å²) < 4.78 is 11.0. The third kappa shape index (κ3) is 3.31. The first-order chi connectivity index (χ1) is 10.4. The molecule has 2 aromatic carbocycles. The Morgan fingerprint density at radius 2 is 1.67 bits per heavy atom. The topological polar surface area (TPSA) is 44.9 Å². The fourth-order valence-electron chi connectivity index (χ4n) is 1.97. The molecule has 0 spiro atoms. The Labute approximate surface area is 128 Å². The second kappa shape index (κ2) is 6.54. The van der Waals surface area contributed by atoms with Gasteiger partial charge < -0.3 is 9.47 Å². The quantitative estimate of drug-likeness (QED) is 0.790. The molecule has 0 unspecified atom stereocenters. The van der Waals surface area contributed by atoms with Crippen LogP contribution in [0.4, 0.5) is 11.4 Å². The van der Waals surface area contributed by atoms with Gasteiger partial charge in [0.05, 0.1) is 25.1 Å². The molecule has 1 aliphatic rings. The molecule has 0 N–H and O–H groups in total. The maximum Gasteiger partial charge on any atom is 0.188 e. The van der Waals surface area contributed by atoms with Gasteiger partial charge in [-0.25, -0.2) is 10.3 Å². The van der Waals surface area contributed by atoms with Crippen LogP contribution in [0.1, 0.15) is 0 Å². The number of benzene rings is 2. The van der Waals surface area contributed by atoms with Crippen LogP contribution in [0.15, 0.2) is 53.5 Å². The van der Waals surface area contributed by atoms with Crippen molar-refractivity contribution in [3.05, 3.63) is 48.5 Å². The molecule has 0 bridgehead atoms. The smallest absolute Gasteiger partial charge is 0.188 e. The molecule has 0 aromatic heterocycles. The largest absolute Gasteiger partial charge is 0.493 e. The number of hydrogen-bond acceptors (Lipinski definition) is 4. The monoisotopic (exact) mass is 299 g/mol. The number of nitrogens with zero attached hydrogens (tertiary/aromatic N) is 2. The third-order valence-electron chi connectivity index (χ3n) is 2.96. The molecule has 21 heavy (non-hydrogen) atoms. The molecule has 0 saturated carbocycles. The summed E-state index contributed by atoms with van der Waals surface area (Å²) in [4.78, 5) is 4.46. The van der Waals surface area contributed by atoms with Crippen LogP contribution in [0.3, 0.4) is 0 Å². The predicted molar refractivity (Wildman–Crippen MR) is 86.3 cm³/mol. The Morgan fingerprint density at radius 1 is 0.952 bits per heavy atom. The zero-order valence-corrected chi connectivity index (χ0v) is 12.5. The van der Waals surface area contributed by atoms with E-state index in [4.69, 9.17) is 9.47 Å². The van der Waals surface area contributed by atoms with E-state index < -0.39 is 0 Å². The SMILES string of the molecule is COc1ccccc1OCCSC1=Nc2ccccc2[N]1. The highest BCUT2D eigenvalue weighted by Gasteiger charge is 2.15. The molecule has 1 aliphatic heterocycles. The van der Waals surface area contributed by atoms with Crippen molar-refractivity contribution in [1.82, 2.24) is 5.32 Å². The lowest BCUT2D eigenvalue weighted by atomic mass is 10.3. The van der Waals surface area contributed by atoms with Crippen molar-refractivity contribution in [2.75, 3.05) is 19.5 Å². The van der Waals surface area contributed by atoms with Gasteiger partial charge in [0.15, 0.2) is 16.7 Å².